The first-order chi connectivity index (χ1) is 13.0. The molecule has 1 heterocycles. The summed E-state index contributed by atoms with van der Waals surface area (Å²) in [6, 6.07) is 7.88. The summed E-state index contributed by atoms with van der Waals surface area (Å²) in [5.74, 6) is 0.237. The zero-order chi connectivity index (χ0) is 19.6. The highest BCUT2D eigenvalue weighted by molar-refractivity contribution is 5.77. The Balaban J connectivity index is 2.14. The smallest absolute Gasteiger partial charge is 0.227 e. The van der Waals surface area contributed by atoms with Crippen molar-refractivity contribution in [3.63, 3.8) is 0 Å². The molecule has 1 aromatic heterocycles. The van der Waals surface area contributed by atoms with Gasteiger partial charge < -0.3 is 11.1 Å². The molecule has 0 fully saturated rings. The minimum absolute atomic E-state index is 0.256. The van der Waals surface area contributed by atoms with Gasteiger partial charge in [0.15, 0.2) is 0 Å². The van der Waals surface area contributed by atoms with E-state index in [9.17, 15) is 4.79 Å². The van der Waals surface area contributed by atoms with E-state index in [4.69, 9.17) is 5.73 Å². The molecule has 1 aromatic carbocycles. The van der Waals surface area contributed by atoms with Crippen molar-refractivity contribution in [3.8, 4) is 0 Å². The lowest BCUT2D eigenvalue weighted by atomic mass is 9.98. The Bertz CT molecular complexity index is 868. The summed E-state index contributed by atoms with van der Waals surface area (Å²) < 4.78 is 0. The van der Waals surface area contributed by atoms with Gasteiger partial charge in [-0.05, 0) is 49.5 Å². The van der Waals surface area contributed by atoms with Crippen molar-refractivity contribution in [1.82, 2.24) is 9.97 Å². The Kier molecular flexibility index (Phi) is 7.49. The minimum Gasteiger partial charge on any atom is -0.369 e. The molecule has 2 rings (SSSR count). The third kappa shape index (κ3) is 6.22. The number of carbonyl (C=O) groups is 1. The monoisotopic (exact) mass is 362 g/mol. The van der Waals surface area contributed by atoms with Gasteiger partial charge in [-0.2, -0.15) is 0 Å². The molecule has 0 spiro atoms. The van der Waals surface area contributed by atoms with Gasteiger partial charge in [0.25, 0.3) is 0 Å². The van der Waals surface area contributed by atoms with E-state index >= 15 is 0 Å². The molecule has 0 saturated heterocycles. The molecule has 0 aliphatic carbocycles. The van der Waals surface area contributed by atoms with Gasteiger partial charge in [-0.25, -0.2) is 9.97 Å². The Labute approximate surface area is 160 Å². The molecular formula is C22H26N4O. The SMILES string of the molecule is C=C/C=C\C(=C/C)Nc1ncc(C)c(CCc2ccccc2CC(N)=O)n1. The van der Waals surface area contributed by atoms with Crippen LogP contribution in [0, 0.1) is 6.92 Å². The molecule has 0 atom stereocenters. The molecule has 27 heavy (non-hydrogen) atoms. The summed E-state index contributed by atoms with van der Waals surface area (Å²) in [5, 5.41) is 3.21. The van der Waals surface area contributed by atoms with Gasteiger partial charge in [0.2, 0.25) is 11.9 Å². The van der Waals surface area contributed by atoms with Crippen LogP contribution in [0.15, 0.2) is 67.0 Å². The largest absolute Gasteiger partial charge is 0.369 e. The molecule has 5 nitrogen and oxygen atoms in total. The van der Waals surface area contributed by atoms with E-state index in [1.165, 1.54) is 0 Å². The number of nitrogens with zero attached hydrogens (tertiary/aromatic N) is 2. The second-order valence-electron chi connectivity index (χ2n) is 6.20. The van der Waals surface area contributed by atoms with Gasteiger partial charge in [-0.1, -0.05) is 49.1 Å². The number of primary amides is 1. The second-order valence-corrected chi connectivity index (χ2v) is 6.20. The molecule has 5 heteroatoms. The number of aryl methyl sites for hydroxylation is 3. The van der Waals surface area contributed by atoms with Crippen molar-refractivity contribution in [2.24, 2.45) is 5.73 Å². The summed E-state index contributed by atoms with van der Waals surface area (Å²) in [6.45, 7) is 7.62. The molecule has 3 N–H and O–H groups in total. The van der Waals surface area contributed by atoms with E-state index in [0.717, 1.165) is 40.9 Å². The predicted octanol–water partition coefficient (Wildman–Crippen LogP) is 3.66. The Morgan fingerprint density at radius 2 is 2.00 bits per heavy atom. The van der Waals surface area contributed by atoms with Crippen LogP contribution in [0.2, 0.25) is 0 Å². The summed E-state index contributed by atoms with van der Waals surface area (Å²) in [5.41, 5.74) is 10.4. The minimum atomic E-state index is -0.321. The molecule has 0 aliphatic heterocycles. The van der Waals surface area contributed by atoms with Crippen LogP contribution in [0.25, 0.3) is 0 Å². The van der Waals surface area contributed by atoms with Crippen LogP contribution >= 0.6 is 0 Å². The van der Waals surface area contributed by atoms with Crippen molar-refractivity contribution in [2.45, 2.75) is 33.1 Å². The highest BCUT2D eigenvalue weighted by Crippen LogP contribution is 2.16. The summed E-state index contributed by atoms with van der Waals surface area (Å²) >= 11 is 0. The molecule has 1 amide bonds. The Morgan fingerprint density at radius 3 is 2.67 bits per heavy atom. The van der Waals surface area contributed by atoms with Crippen LogP contribution < -0.4 is 11.1 Å². The van der Waals surface area contributed by atoms with Crippen LogP contribution in [-0.4, -0.2) is 15.9 Å². The van der Waals surface area contributed by atoms with E-state index in [1.54, 1.807) is 6.08 Å². The standard InChI is InChI=1S/C22H26N4O/c1-4-6-11-19(5-2)25-22-24-15-16(3)20(26-22)13-12-17-9-7-8-10-18(17)14-21(23)27/h4-11,15H,1,12-14H2,2-3H3,(H2,23,27)(H,24,25,26)/b11-6-,19-5+. The molecule has 0 saturated carbocycles. The van der Waals surface area contributed by atoms with Crippen molar-refractivity contribution < 1.29 is 4.79 Å². The third-order valence-corrected chi connectivity index (χ3v) is 4.17. The van der Waals surface area contributed by atoms with Crippen LogP contribution in [0.5, 0.6) is 0 Å². The number of aromatic nitrogens is 2. The maximum atomic E-state index is 11.3. The average Bonchev–Trinajstić information content (AvgIpc) is 2.66. The average molecular weight is 362 g/mol. The number of nitrogens with two attached hydrogens (primary N) is 1. The molecule has 0 aliphatic rings. The van der Waals surface area contributed by atoms with Crippen LogP contribution in [0.3, 0.4) is 0 Å². The number of hydrogen-bond acceptors (Lipinski definition) is 4. The van der Waals surface area contributed by atoms with Gasteiger partial charge in [-0.3, -0.25) is 4.79 Å². The van der Waals surface area contributed by atoms with E-state index < -0.39 is 0 Å². The lowest BCUT2D eigenvalue weighted by Gasteiger charge is -2.11. The lowest BCUT2D eigenvalue weighted by Crippen LogP contribution is -2.15. The number of hydrogen-bond donors (Lipinski definition) is 2. The van der Waals surface area contributed by atoms with E-state index in [1.807, 2.05) is 62.5 Å². The third-order valence-electron chi connectivity index (χ3n) is 4.17. The van der Waals surface area contributed by atoms with Crippen LogP contribution in [0.1, 0.15) is 29.3 Å². The molecule has 0 bridgehead atoms. The highest BCUT2D eigenvalue weighted by atomic mass is 16.1. The first-order valence-corrected chi connectivity index (χ1v) is 8.93. The number of rotatable bonds is 9. The van der Waals surface area contributed by atoms with E-state index in [2.05, 4.69) is 21.9 Å². The summed E-state index contributed by atoms with van der Waals surface area (Å²) in [4.78, 5) is 20.3. The van der Waals surface area contributed by atoms with Gasteiger partial charge in [0, 0.05) is 17.6 Å². The fraction of sp³-hybridized carbons (Fsp3) is 0.227. The number of nitrogens with one attached hydrogen (secondary N) is 1. The van der Waals surface area contributed by atoms with Crippen molar-refractivity contribution in [3.05, 3.63) is 89.4 Å². The fourth-order valence-corrected chi connectivity index (χ4v) is 2.72. The zero-order valence-electron chi connectivity index (χ0n) is 15.9. The van der Waals surface area contributed by atoms with Crippen molar-refractivity contribution >= 4 is 11.9 Å². The predicted molar refractivity (Wildman–Crippen MR) is 110 cm³/mol. The number of anilines is 1. The first-order valence-electron chi connectivity index (χ1n) is 8.93. The molecule has 0 radical (unpaired) electrons. The normalized spacial score (nSPS) is 11.6. The van der Waals surface area contributed by atoms with Crippen molar-refractivity contribution in [1.29, 1.82) is 0 Å². The van der Waals surface area contributed by atoms with Crippen molar-refractivity contribution in [2.75, 3.05) is 5.32 Å². The van der Waals surface area contributed by atoms with Gasteiger partial charge >= 0.3 is 0 Å². The van der Waals surface area contributed by atoms with E-state index in [-0.39, 0.29) is 12.3 Å². The second kappa shape index (κ2) is 10.1. The number of benzene rings is 1. The molecule has 2 aromatic rings. The number of carbonyl (C=O) groups excluding carboxylic acids is 1. The maximum Gasteiger partial charge on any atom is 0.227 e. The first kappa shape index (κ1) is 20.1. The van der Waals surface area contributed by atoms with E-state index in [0.29, 0.717) is 5.95 Å². The van der Waals surface area contributed by atoms with Crippen LogP contribution in [-0.2, 0) is 24.1 Å². The quantitative estimate of drug-likeness (QED) is 0.667. The molecular weight excluding hydrogens is 336 g/mol. The number of amides is 1. The highest BCUT2D eigenvalue weighted by Gasteiger charge is 2.09. The summed E-state index contributed by atoms with van der Waals surface area (Å²) in [7, 11) is 0. The van der Waals surface area contributed by atoms with Gasteiger partial charge in [0.1, 0.15) is 0 Å². The topological polar surface area (TPSA) is 80.9 Å². The maximum absolute atomic E-state index is 11.3. The molecule has 0 unspecified atom stereocenters. The Hall–Kier alpha value is -3.21. The number of allylic oxidation sites excluding steroid dienone is 4. The van der Waals surface area contributed by atoms with Gasteiger partial charge in [-0.15, -0.1) is 0 Å². The zero-order valence-corrected chi connectivity index (χ0v) is 15.9. The van der Waals surface area contributed by atoms with Gasteiger partial charge in [0.05, 0.1) is 6.42 Å². The van der Waals surface area contributed by atoms with Crippen LogP contribution in [0.4, 0.5) is 5.95 Å². The molecule has 140 valence electrons. The Morgan fingerprint density at radius 1 is 1.26 bits per heavy atom. The lowest BCUT2D eigenvalue weighted by molar-refractivity contribution is -0.117. The summed E-state index contributed by atoms with van der Waals surface area (Å²) in [6.07, 6.45) is 11.1. The fourth-order valence-electron chi connectivity index (χ4n) is 2.72.